The number of aromatic nitrogens is 2. The molecular weight excluding hydrogens is 346 g/mol. The molecule has 0 spiro atoms. The third-order valence-electron chi connectivity index (χ3n) is 1.44. The van der Waals surface area contributed by atoms with E-state index in [1.165, 1.54) is 25.6 Å². The second-order valence-corrected chi connectivity index (χ2v) is 2.66. The molecule has 0 fully saturated rings. The van der Waals surface area contributed by atoms with Crippen molar-refractivity contribution >= 4 is 0 Å². The number of allylic oxidation sites excluding steroid dienone is 1. The van der Waals surface area contributed by atoms with Gasteiger partial charge in [0.15, 0.2) is 0 Å². The monoisotopic (exact) mass is 365 g/mol. The first-order chi connectivity index (χ1) is 6.41. The van der Waals surface area contributed by atoms with Crippen LogP contribution in [-0.4, -0.2) is 4.98 Å². The summed E-state index contributed by atoms with van der Waals surface area (Å²) < 4.78 is 0. The molecule has 0 atom stereocenters. The largest absolute Gasteiger partial charge is 0.450 e. The summed E-state index contributed by atoms with van der Waals surface area (Å²) in [5.41, 5.74) is 0. The minimum atomic E-state index is 0. The normalized spacial score (nSPS) is 8.07. The molecule has 14 heavy (non-hydrogen) atoms. The minimum Gasteiger partial charge on any atom is -0.450 e. The first-order valence-electron chi connectivity index (χ1n) is 4.71. The van der Waals surface area contributed by atoms with Crippen LogP contribution >= 0.6 is 0 Å². The van der Waals surface area contributed by atoms with E-state index in [1.54, 1.807) is 12.4 Å². The Morgan fingerprint density at radius 3 is 2.64 bits per heavy atom. The summed E-state index contributed by atoms with van der Waals surface area (Å²) >= 11 is 0. The fourth-order valence-corrected chi connectivity index (χ4v) is 0.777. The fourth-order valence-electron chi connectivity index (χ4n) is 0.777. The molecule has 1 aromatic heterocycles. The molecule has 0 unspecified atom stereocenters. The summed E-state index contributed by atoms with van der Waals surface area (Å²) in [6.07, 6.45) is 13.9. The fraction of sp³-hybridized carbons (Fsp3) is 0.455. The predicted octanol–water partition coefficient (Wildman–Crippen LogP) is 2.99. The van der Waals surface area contributed by atoms with Crippen LogP contribution in [0.1, 0.15) is 32.6 Å². The third kappa shape index (κ3) is 14.2. The second-order valence-electron chi connectivity index (χ2n) is 2.66. The number of imidazole rings is 1. The molecular formula is C11H18N2Re-2. The first kappa shape index (κ1) is 16.1. The van der Waals surface area contributed by atoms with Crippen LogP contribution in [0.15, 0.2) is 31.4 Å². The summed E-state index contributed by atoms with van der Waals surface area (Å²) in [5, 5.41) is 0. The molecule has 81 valence electrons. The van der Waals surface area contributed by atoms with E-state index in [2.05, 4.69) is 29.9 Å². The third-order valence-corrected chi connectivity index (χ3v) is 1.44. The topological polar surface area (TPSA) is 27.0 Å². The van der Waals surface area contributed by atoms with Crippen molar-refractivity contribution in [1.82, 2.24) is 9.97 Å². The van der Waals surface area contributed by atoms with E-state index in [0.717, 1.165) is 6.42 Å². The summed E-state index contributed by atoms with van der Waals surface area (Å²) in [7, 11) is 0. The van der Waals surface area contributed by atoms with Gasteiger partial charge in [0.2, 0.25) is 0 Å². The molecule has 1 radical (unpaired) electrons. The molecule has 0 amide bonds. The summed E-state index contributed by atoms with van der Waals surface area (Å²) in [6.45, 7) is 5.84. The number of hydrogen-bond acceptors (Lipinski definition) is 1. The van der Waals surface area contributed by atoms with Gasteiger partial charge in [-0.25, -0.2) is 0 Å². The van der Waals surface area contributed by atoms with Gasteiger partial charge < -0.3 is 16.4 Å². The van der Waals surface area contributed by atoms with Gasteiger partial charge in [0.05, 0.1) is 0 Å². The van der Waals surface area contributed by atoms with E-state index in [4.69, 9.17) is 0 Å². The Kier molecular flexibility index (Phi) is 17.3. The van der Waals surface area contributed by atoms with Crippen molar-refractivity contribution < 1.29 is 20.4 Å². The Hall–Kier alpha value is -0.388. The van der Waals surface area contributed by atoms with Crippen molar-refractivity contribution in [3.05, 3.63) is 37.8 Å². The Bertz CT molecular complexity index is 156. The van der Waals surface area contributed by atoms with Crippen LogP contribution in [0.3, 0.4) is 0 Å². The van der Waals surface area contributed by atoms with E-state index in [-0.39, 0.29) is 20.4 Å². The number of rotatable bonds is 5. The zero-order valence-corrected chi connectivity index (χ0v) is 11.4. The zero-order valence-electron chi connectivity index (χ0n) is 8.69. The van der Waals surface area contributed by atoms with E-state index < -0.39 is 0 Å². The van der Waals surface area contributed by atoms with Crippen LogP contribution < -0.4 is 4.98 Å². The van der Waals surface area contributed by atoms with Crippen molar-refractivity contribution in [2.45, 2.75) is 32.6 Å². The van der Waals surface area contributed by atoms with Crippen LogP contribution in [-0.2, 0) is 20.4 Å². The van der Waals surface area contributed by atoms with E-state index in [1.807, 2.05) is 6.08 Å². The first-order valence-corrected chi connectivity index (χ1v) is 4.71. The molecule has 0 saturated carbocycles. The van der Waals surface area contributed by atoms with Crippen molar-refractivity contribution in [2.75, 3.05) is 0 Å². The van der Waals surface area contributed by atoms with Crippen molar-refractivity contribution in [1.29, 1.82) is 0 Å². The van der Waals surface area contributed by atoms with E-state index in [0.29, 0.717) is 0 Å². The van der Waals surface area contributed by atoms with Gasteiger partial charge in [-0.15, -0.1) is 6.58 Å². The molecule has 0 aromatic carbocycles. The van der Waals surface area contributed by atoms with Crippen LogP contribution in [0.2, 0.25) is 0 Å². The Morgan fingerprint density at radius 2 is 2.29 bits per heavy atom. The average molecular weight is 364 g/mol. The Morgan fingerprint density at radius 1 is 1.50 bits per heavy atom. The number of nitrogens with zero attached hydrogens (tertiary/aromatic N) is 2. The van der Waals surface area contributed by atoms with Gasteiger partial charge in [-0.2, -0.15) is 12.8 Å². The molecule has 0 bridgehead atoms. The SMILES string of the molecule is C=CCC[CH-]CCC.[Re].c1c[n-]cn1. The maximum Gasteiger partial charge on any atom is 0 e. The second kappa shape index (κ2) is 15.1. The van der Waals surface area contributed by atoms with Crippen LogP contribution in [0.25, 0.3) is 0 Å². The van der Waals surface area contributed by atoms with Crippen molar-refractivity contribution in [3.8, 4) is 0 Å². The molecule has 1 rings (SSSR count). The number of unbranched alkanes of at least 4 members (excludes halogenated alkanes) is 4. The van der Waals surface area contributed by atoms with Crippen molar-refractivity contribution in [3.63, 3.8) is 0 Å². The van der Waals surface area contributed by atoms with E-state index in [9.17, 15) is 0 Å². The quantitative estimate of drug-likeness (QED) is 0.456. The molecule has 0 saturated heterocycles. The smallest absolute Gasteiger partial charge is 0 e. The maximum atomic E-state index is 3.64. The maximum absolute atomic E-state index is 3.64. The standard InChI is InChI=1S/C8H15.C3H3N2.Re/c1-3-5-7-8-6-4-2;1-2-5-3-4-1;/h3,8H,1,4-7H2,2H3;1-3H;/q2*-1;. The van der Waals surface area contributed by atoms with Gasteiger partial charge in [0.25, 0.3) is 0 Å². The molecule has 2 nitrogen and oxygen atoms in total. The Labute approximate surface area is 101 Å². The summed E-state index contributed by atoms with van der Waals surface area (Å²) in [5.74, 6) is 0. The average Bonchev–Trinajstić information content (AvgIpc) is 2.70. The molecule has 1 heterocycles. The molecule has 0 N–H and O–H groups in total. The number of hydrogen-bond donors (Lipinski definition) is 0. The van der Waals surface area contributed by atoms with Crippen LogP contribution in [0.5, 0.6) is 0 Å². The van der Waals surface area contributed by atoms with Gasteiger partial charge in [-0.1, -0.05) is 44.6 Å². The van der Waals surface area contributed by atoms with Crippen LogP contribution in [0.4, 0.5) is 0 Å². The Balaban J connectivity index is 0. The molecule has 1 aromatic rings. The van der Waals surface area contributed by atoms with Gasteiger partial charge in [-0.05, 0) is 0 Å². The van der Waals surface area contributed by atoms with E-state index >= 15 is 0 Å². The molecule has 0 aliphatic carbocycles. The van der Waals surface area contributed by atoms with Crippen LogP contribution in [0, 0.1) is 6.42 Å². The van der Waals surface area contributed by atoms with Gasteiger partial charge >= 0.3 is 0 Å². The molecule has 0 aliphatic rings. The van der Waals surface area contributed by atoms with Gasteiger partial charge in [-0.3, -0.25) is 0 Å². The molecule has 0 aliphatic heterocycles. The van der Waals surface area contributed by atoms with Gasteiger partial charge in [0, 0.05) is 20.4 Å². The zero-order chi connectivity index (χ0) is 9.78. The minimum absolute atomic E-state index is 0. The predicted molar refractivity (Wildman–Crippen MR) is 56.2 cm³/mol. The summed E-state index contributed by atoms with van der Waals surface area (Å²) in [6, 6.07) is 0. The van der Waals surface area contributed by atoms with Crippen molar-refractivity contribution in [2.24, 2.45) is 0 Å². The molecule has 3 heteroatoms. The van der Waals surface area contributed by atoms with Gasteiger partial charge in [0.1, 0.15) is 0 Å². The summed E-state index contributed by atoms with van der Waals surface area (Å²) in [4.78, 5) is 7.22.